The standard InChI is InChI=1S/C9H16NO2.C2H6.CH4.K.W.H/c1-5-8(7(4)11)10-9(12)6(2)3;1-2;;;;/h6,8H,2,5H2,1,3-4H3,(H,10,12);1-2H3;1H4;;;/q-1;;;+1;;-1. The van der Waals surface area contributed by atoms with Gasteiger partial charge in [-0.2, -0.15) is 0 Å². The fraction of sp³-hybridized carbons (Fsp3) is 0.750. The van der Waals surface area contributed by atoms with E-state index < -0.39 is 0 Å². The van der Waals surface area contributed by atoms with Gasteiger partial charge < -0.3 is 13.7 Å². The van der Waals surface area contributed by atoms with E-state index in [-0.39, 0.29) is 105 Å². The number of carbonyl (C=O) groups excluding carboxylic acids is 2. The van der Waals surface area contributed by atoms with E-state index in [0.29, 0.717) is 6.42 Å². The van der Waals surface area contributed by atoms with Gasteiger partial charge in [-0.15, -0.1) is 0 Å². The van der Waals surface area contributed by atoms with Gasteiger partial charge in [-0.05, 0) is 13.3 Å². The third-order valence-electron chi connectivity index (χ3n) is 1.66. The molecule has 0 aromatic rings. The second-order valence-corrected chi connectivity index (χ2v) is 2.98. The molecule has 0 saturated heterocycles. The van der Waals surface area contributed by atoms with E-state index in [1.54, 1.807) is 6.92 Å². The molecule has 0 aromatic heterocycles. The summed E-state index contributed by atoms with van der Waals surface area (Å²) >= 11 is 0. The Morgan fingerprint density at radius 3 is 1.88 bits per heavy atom. The fourth-order valence-corrected chi connectivity index (χ4v) is 0.805. The first-order valence-corrected chi connectivity index (χ1v) is 5.13. The molecule has 17 heavy (non-hydrogen) atoms. The van der Waals surface area contributed by atoms with Gasteiger partial charge in [0, 0.05) is 21.1 Å². The van der Waals surface area contributed by atoms with Crippen LogP contribution < -0.4 is 56.7 Å². The monoisotopic (exact) mass is 440 g/mol. The minimum Gasteiger partial charge on any atom is -1.00 e. The minimum atomic E-state index is -0.346. The number of hydrogen-bond donors (Lipinski definition) is 1. The van der Waals surface area contributed by atoms with Crippen LogP contribution in [0.2, 0.25) is 0 Å². The zero-order valence-corrected chi connectivity index (χ0v) is 17.4. The number of nitrogens with one attached hydrogen (secondary N) is 1. The van der Waals surface area contributed by atoms with Crippen molar-refractivity contribution in [2.45, 2.75) is 54.5 Å². The molecule has 0 aliphatic heterocycles. The van der Waals surface area contributed by atoms with Crippen molar-refractivity contribution < 1.29 is 83.5 Å². The summed E-state index contributed by atoms with van der Waals surface area (Å²) in [4.78, 5) is 22.0. The van der Waals surface area contributed by atoms with E-state index >= 15 is 0 Å². The van der Waals surface area contributed by atoms with Gasteiger partial charge in [-0.3, -0.25) is 9.59 Å². The summed E-state index contributed by atoms with van der Waals surface area (Å²) < 4.78 is 0. The van der Waals surface area contributed by atoms with E-state index in [1.165, 1.54) is 6.92 Å². The Labute approximate surface area is 165 Å². The van der Waals surface area contributed by atoms with Gasteiger partial charge in [0.15, 0.2) is 11.7 Å². The van der Waals surface area contributed by atoms with Crippen LogP contribution in [0.15, 0.2) is 0 Å². The predicted molar refractivity (Wildman–Crippen MR) is 66.6 cm³/mol. The molecule has 1 amide bonds. The Kier molecular flexibility index (Phi) is 36.2. The SMILES string of the molecule is C.CC.[CH2-]C(C)C(=O)NC(CC)C(C)=O.[H-].[K+].[W]. The predicted octanol–water partition coefficient (Wildman–Crippen LogP) is -0.283. The Hall–Kier alpha value is 1.46. The molecule has 0 saturated carbocycles. The molecule has 2 unspecified atom stereocenters. The van der Waals surface area contributed by atoms with E-state index in [1.807, 2.05) is 20.8 Å². The van der Waals surface area contributed by atoms with Crippen molar-refractivity contribution in [3.8, 4) is 0 Å². The molecular formula is C12H27KNO2W-. The first-order chi connectivity index (χ1) is 6.49. The Bertz CT molecular complexity index is 193. The molecule has 0 aliphatic carbocycles. The fourth-order valence-electron chi connectivity index (χ4n) is 0.805. The average Bonchev–Trinajstić information content (AvgIpc) is 2.16. The molecule has 0 heterocycles. The Balaban J connectivity index is -0.0000000569. The quantitative estimate of drug-likeness (QED) is 0.483. The Morgan fingerprint density at radius 2 is 1.71 bits per heavy atom. The summed E-state index contributed by atoms with van der Waals surface area (Å²) in [6, 6.07) is -0.346. The van der Waals surface area contributed by atoms with Crippen molar-refractivity contribution in [3.63, 3.8) is 0 Å². The van der Waals surface area contributed by atoms with E-state index in [9.17, 15) is 9.59 Å². The number of carbonyl (C=O) groups is 2. The van der Waals surface area contributed by atoms with Crippen LogP contribution in [-0.4, -0.2) is 17.7 Å². The summed E-state index contributed by atoms with van der Waals surface area (Å²) in [7, 11) is 0. The van der Waals surface area contributed by atoms with Gasteiger partial charge in [0.1, 0.15) is 0 Å². The second-order valence-electron chi connectivity index (χ2n) is 2.98. The summed E-state index contributed by atoms with van der Waals surface area (Å²) in [5.41, 5.74) is 0. The van der Waals surface area contributed by atoms with Gasteiger partial charge in [0.05, 0.1) is 6.04 Å². The molecule has 0 aliphatic rings. The zero-order chi connectivity index (χ0) is 11.7. The summed E-state index contributed by atoms with van der Waals surface area (Å²) in [6.45, 7) is 12.6. The van der Waals surface area contributed by atoms with Crippen molar-refractivity contribution in [1.82, 2.24) is 5.32 Å². The molecule has 5 heteroatoms. The molecule has 2 atom stereocenters. The molecule has 0 fully saturated rings. The third kappa shape index (κ3) is 17.5. The molecule has 0 spiro atoms. The molecule has 1 N–H and O–H groups in total. The van der Waals surface area contributed by atoms with Gasteiger partial charge in [0.25, 0.3) is 0 Å². The number of Topliss-reactive ketones (excluding diaryl/α,β-unsaturated/α-hetero) is 1. The van der Waals surface area contributed by atoms with E-state index in [4.69, 9.17) is 0 Å². The molecule has 0 aromatic carbocycles. The Morgan fingerprint density at radius 1 is 1.35 bits per heavy atom. The van der Waals surface area contributed by atoms with Gasteiger partial charge >= 0.3 is 51.4 Å². The van der Waals surface area contributed by atoms with Gasteiger partial charge in [-0.1, -0.05) is 41.0 Å². The molecule has 0 rings (SSSR count). The number of hydrogen-bond acceptors (Lipinski definition) is 2. The number of amides is 1. The first-order valence-electron chi connectivity index (χ1n) is 5.13. The zero-order valence-electron chi connectivity index (χ0n) is 12.3. The minimum absolute atomic E-state index is 0. The maximum absolute atomic E-state index is 11.1. The number of ketones is 1. The van der Waals surface area contributed by atoms with Crippen LogP contribution in [-0.2, 0) is 30.7 Å². The van der Waals surface area contributed by atoms with Crippen molar-refractivity contribution in [2.24, 2.45) is 5.92 Å². The van der Waals surface area contributed by atoms with Crippen LogP contribution in [0.5, 0.6) is 0 Å². The normalized spacial score (nSPS) is 10.9. The molecule has 100 valence electrons. The van der Waals surface area contributed by atoms with Crippen molar-refractivity contribution in [1.29, 1.82) is 0 Å². The first kappa shape index (κ1) is 31.1. The van der Waals surface area contributed by atoms with E-state index in [0.717, 1.165) is 0 Å². The molecule has 0 bridgehead atoms. The van der Waals surface area contributed by atoms with Crippen LogP contribution in [0.1, 0.15) is 49.9 Å². The van der Waals surface area contributed by atoms with Crippen LogP contribution in [0.4, 0.5) is 0 Å². The van der Waals surface area contributed by atoms with Crippen LogP contribution in [0.3, 0.4) is 0 Å². The smallest absolute Gasteiger partial charge is 1.00 e. The van der Waals surface area contributed by atoms with Crippen molar-refractivity contribution in [2.75, 3.05) is 0 Å². The van der Waals surface area contributed by atoms with Gasteiger partial charge in [0.2, 0.25) is 0 Å². The van der Waals surface area contributed by atoms with Gasteiger partial charge in [-0.25, -0.2) is 0 Å². The number of rotatable bonds is 4. The van der Waals surface area contributed by atoms with Crippen molar-refractivity contribution in [3.05, 3.63) is 6.92 Å². The van der Waals surface area contributed by atoms with Crippen LogP contribution >= 0.6 is 0 Å². The van der Waals surface area contributed by atoms with E-state index in [2.05, 4.69) is 12.2 Å². The topological polar surface area (TPSA) is 46.2 Å². The van der Waals surface area contributed by atoms with Crippen LogP contribution in [0, 0.1) is 12.8 Å². The third-order valence-corrected chi connectivity index (χ3v) is 1.66. The maximum Gasteiger partial charge on any atom is 1.00 e. The largest absolute Gasteiger partial charge is 1.00 e. The molecular weight excluding hydrogens is 413 g/mol. The average molecular weight is 440 g/mol. The summed E-state index contributed by atoms with van der Waals surface area (Å²) in [5, 5.41) is 2.61. The molecule has 0 radical (unpaired) electrons. The maximum atomic E-state index is 11.1. The second kappa shape index (κ2) is 19.8. The van der Waals surface area contributed by atoms with Crippen LogP contribution in [0.25, 0.3) is 0 Å². The summed E-state index contributed by atoms with van der Waals surface area (Å²) in [5.74, 6) is -0.484. The summed E-state index contributed by atoms with van der Waals surface area (Å²) in [6.07, 6.45) is 0.633. The van der Waals surface area contributed by atoms with Crippen molar-refractivity contribution >= 4 is 11.7 Å². The molecule has 3 nitrogen and oxygen atoms in total.